The molecule has 1 aliphatic heterocycles. The van der Waals surface area contributed by atoms with Crippen LogP contribution in [0.15, 0.2) is 46.1 Å². The lowest BCUT2D eigenvalue weighted by Gasteiger charge is -2.25. The lowest BCUT2D eigenvalue weighted by Crippen LogP contribution is -2.37. The molecule has 7 nitrogen and oxygen atoms in total. The molecule has 0 aliphatic carbocycles. The second-order valence-electron chi connectivity index (χ2n) is 5.89. The van der Waals surface area contributed by atoms with Crippen LogP contribution in [-0.4, -0.2) is 32.7 Å². The largest absolute Gasteiger partial charge is 0.390 e. The molecule has 3 atom stereocenters. The third-order valence-electron chi connectivity index (χ3n) is 4.35. The molecule has 1 aromatic heterocycles. The van der Waals surface area contributed by atoms with Crippen LogP contribution >= 0.6 is 7.14 Å². The van der Waals surface area contributed by atoms with E-state index in [-0.39, 0.29) is 18.1 Å². The molecule has 1 saturated heterocycles. The molecule has 0 amide bonds. The van der Waals surface area contributed by atoms with Gasteiger partial charge in [0.05, 0.1) is 11.7 Å². The molecule has 8 heteroatoms. The van der Waals surface area contributed by atoms with Crippen molar-refractivity contribution in [1.82, 2.24) is 9.55 Å². The standard InChI is InChI=1S/C16H17N2O5P/c1-10(19)12-9-18(16(22)17-14(12)21)15-13(20)7-8-24(15,23)11-5-3-2-4-6-11/h2-6,9,13,15,20H,7-8H2,1H3,(H,17,21,22)/t13-,15-,24?/m1/s1. The third kappa shape index (κ3) is 2.60. The molecule has 1 unspecified atom stereocenters. The van der Waals surface area contributed by atoms with Gasteiger partial charge < -0.3 is 9.67 Å². The third-order valence-corrected chi connectivity index (χ3v) is 7.90. The average Bonchev–Trinajstić information content (AvgIpc) is 2.85. The van der Waals surface area contributed by atoms with E-state index >= 15 is 0 Å². The Bertz CT molecular complexity index is 947. The number of aliphatic hydroxyl groups excluding tert-OH is 1. The maximum Gasteiger partial charge on any atom is 0.329 e. The summed E-state index contributed by atoms with van der Waals surface area (Å²) in [5, 5.41) is 10.9. The van der Waals surface area contributed by atoms with E-state index in [9.17, 15) is 24.1 Å². The van der Waals surface area contributed by atoms with Crippen LogP contribution in [0.4, 0.5) is 0 Å². The number of aliphatic hydroxyl groups is 1. The molecule has 2 heterocycles. The summed E-state index contributed by atoms with van der Waals surface area (Å²) in [7, 11) is -3.12. The minimum absolute atomic E-state index is 0.201. The van der Waals surface area contributed by atoms with E-state index < -0.39 is 36.1 Å². The fourth-order valence-electron chi connectivity index (χ4n) is 3.16. The predicted octanol–water partition coefficient (Wildman–Crippen LogP) is 0.691. The number of H-pyrrole nitrogens is 1. The van der Waals surface area contributed by atoms with Crippen molar-refractivity contribution in [2.75, 3.05) is 6.16 Å². The fourth-order valence-corrected chi connectivity index (χ4v) is 6.60. The zero-order valence-electron chi connectivity index (χ0n) is 13.0. The van der Waals surface area contributed by atoms with E-state index in [1.54, 1.807) is 30.3 Å². The number of hydrogen-bond acceptors (Lipinski definition) is 5. The van der Waals surface area contributed by atoms with Crippen LogP contribution in [0.5, 0.6) is 0 Å². The van der Waals surface area contributed by atoms with Gasteiger partial charge >= 0.3 is 5.69 Å². The molecule has 2 N–H and O–H groups in total. The maximum atomic E-state index is 13.6. The Labute approximate surface area is 137 Å². The number of aromatic nitrogens is 2. The highest BCUT2D eigenvalue weighted by atomic mass is 31.2. The van der Waals surface area contributed by atoms with Gasteiger partial charge in [-0.05, 0) is 13.3 Å². The molecule has 0 saturated carbocycles. The van der Waals surface area contributed by atoms with Crippen LogP contribution in [0.2, 0.25) is 0 Å². The number of ketones is 1. The SMILES string of the molecule is CC(=O)c1cn([C@H]2[C@H](O)CCP2(=O)c2ccccc2)c(=O)[nH]c1=O. The Hall–Kier alpha value is -2.24. The van der Waals surface area contributed by atoms with Gasteiger partial charge in [-0.3, -0.25) is 19.1 Å². The van der Waals surface area contributed by atoms with Crippen LogP contribution in [0.25, 0.3) is 0 Å². The lowest BCUT2D eigenvalue weighted by molar-refractivity contribution is 0.101. The number of benzene rings is 1. The van der Waals surface area contributed by atoms with Crippen molar-refractivity contribution < 1.29 is 14.5 Å². The van der Waals surface area contributed by atoms with Gasteiger partial charge in [0.25, 0.3) is 5.56 Å². The molecule has 0 bridgehead atoms. The van der Waals surface area contributed by atoms with E-state index in [1.165, 1.54) is 6.92 Å². The Kier molecular flexibility index (Phi) is 4.15. The molecular formula is C16H17N2O5P. The topological polar surface area (TPSA) is 109 Å². The Morgan fingerprint density at radius 2 is 1.96 bits per heavy atom. The normalized spacial score (nSPS) is 26.4. The first-order valence-corrected chi connectivity index (χ1v) is 9.49. The molecule has 1 aliphatic rings. The maximum absolute atomic E-state index is 13.6. The van der Waals surface area contributed by atoms with E-state index in [4.69, 9.17) is 0 Å². The first kappa shape index (κ1) is 16.6. The van der Waals surface area contributed by atoms with Crippen LogP contribution in [0.3, 0.4) is 0 Å². The van der Waals surface area contributed by atoms with Gasteiger partial charge in [-0.1, -0.05) is 30.3 Å². The summed E-state index contributed by atoms with van der Waals surface area (Å²) < 4.78 is 14.6. The first-order valence-electron chi connectivity index (χ1n) is 7.53. The van der Waals surface area contributed by atoms with Crippen LogP contribution < -0.4 is 16.6 Å². The van der Waals surface area contributed by atoms with E-state index in [0.717, 1.165) is 10.8 Å². The van der Waals surface area contributed by atoms with Crippen molar-refractivity contribution in [3.05, 3.63) is 62.9 Å². The van der Waals surface area contributed by atoms with Crippen molar-refractivity contribution >= 4 is 18.2 Å². The van der Waals surface area contributed by atoms with Gasteiger partial charge in [0, 0.05) is 17.7 Å². The van der Waals surface area contributed by atoms with Gasteiger partial charge in [-0.2, -0.15) is 0 Å². The Morgan fingerprint density at radius 3 is 2.58 bits per heavy atom. The molecular weight excluding hydrogens is 331 g/mol. The van der Waals surface area contributed by atoms with Gasteiger partial charge in [-0.25, -0.2) is 4.79 Å². The first-order chi connectivity index (χ1) is 11.3. The summed E-state index contributed by atoms with van der Waals surface area (Å²) >= 11 is 0. The monoisotopic (exact) mass is 348 g/mol. The van der Waals surface area contributed by atoms with Crippen LogP contribution in [0.1, 0.15) is 29.5 Å². The second-order valence-corrected chi connectivity index (χ2v) is 8.97. The van der Waals surface area contributed by atoms with E-state index in [1.807, 2.05) is 0 Å². The summed E-state index contributed by atoms with van der Waals surface area (Å²) in [6, 6.07) is 8.68. The van der Waals surface area contributed by atoms with Crippen molar-refractivity contribution in [2.45, 2.75) is 25.2 Å². The molecule has 1 aromatic carbocycles. The van der Waals surface area contributed by atoms with Gasteiger partial charge in [0.2, 0.25) is 0 Å². The van der Waals surface area contributed by atoms with Gasteiger partial charge in [0.15, 0.2) is 5.78 Å². The molecule has 3 rings (SSSR count). The zero-order chi connectivity index (χ0) is 17.5. The molecule has 126 valence electrons. The van der Waals surface area contributed by atoms with Crippen molar-refractivity contribution in [3.63, 3.8) is 0 Å². The second kappa shape index (κ2) is 6.00. The lowest BCUT2D eigenvalue weighted by atomic mass is 10.2. The average molecular weight is 348 g/mol. The number of carbonyl (C=O) groups is 1. The summed E-state index contributed by atoms with van der Waals surface area (Å²) in [4.78, 5) is 37.6. The minimum Gasteiger partial charge on any atom is -0.390 e. The highest BCUT2D eigenvalue weighted by molar-refractivity contribution is 7.72. The summed E-state index contributed by atoms with van der Waals surface area (Å²) in [6.45, 7) is 1.21. The highest BCUT2D eigenvalue weighted by Crippen LogP contribution is 2.62. The van der Waals surface area contributed by atoms with Crippen LogP contribution in [0, 0.1) is 0 Å². The summed E-state index contributed by atoms with van der Waals surface area (Å²) in [6.07, 6.45) is 0.638. The number of rotatable bonds is 3. The summed E-state index contributed by atoms with van der Waals surface area (Å²) in [5.41, 5.74) is -1.77. The molecule has 2 aromatic rings. The van der Waals surface area contributed by atoms with E-state index in [2.05, 4.69) is 4.98 Å². The van der Waals surface area contributed by atoms with Crippen molar-refractivity contribution in [1.29, 1.82) is 0 Å². The number of carbonyl (C=O) groups excluding carboxylic acids is 1. The van der Waals surface area contributed by atoms with Gasteiger partial charge in [0.1, 0.15) is 12.9 Å². The number of hydrogen-bond donors (Lipinski definition) is 2. The Balaban J connectivity index is 2.22. The molecule has 0 spiro atoms. The number of Topliss-reactive ketones (excluding diaryl/α,β-unsaturated/α-hetero) is 1. The zero-order valence-corrected chi connectivity index (χ0v) is 13.9. The van der Waals surface area contributed by atoms with Crippen molar-refractivity contribution in [3.8, 4) is 0 Å². The van der Waals surface area contributed by atoms with E-state index in [0.29, 0.717) is 5.30 Å². The molecule has 24 heavy (non-hydrogen) atoms. The summed E-state index contributed by atoms with van der Waals surface area (Å²) in [5.74, 6) is -1.51. The quantitative estimate of drug-likeness (QED) is 0.627. The fraction of sp³-hybridized carbons (Fsp3) is 0.312. The van der Waals surface area contributed by atoms with Crippen LogP contribution in [-0.2, 0) is 4.57 Å². The van der Waals surface area contributed by atoms with Gasteiger partial charge in [-0.15, -0.1) is 0 Å². The smallest absolute Gasteiger partial charge is 0.329 e. The number of aromatic amines is 1. The highest BCUT2D eigenvalue weighted by Gasteiger charge is 2.47. The van der Waals surface area contributed by atoms with Crippen molar-refractivity contribution in [2.24, 2.45) is 0 Å². The Morgan fingerprint density at radius 1 is 1.29 bits per heavy atom. The number of nitrogens with one attached hydrogen (secondary N) is 1. The molecule has 0 radical (unpaired) electrons. The molecule has 1 fully saturated rings. The number of nitrogens with zero attached hydrogens (tertiary/aromatic N) is 1. The predicted molar refractivity (Wildman–Crippen MR) is 89.5 cm³/mol. The minimum atomic E-state index is -3.12.